The molecule has 0 radical (unpaired) electrons. The Kier molecular flexibility index (Phi) is 7.20. The molecule has 9 heteroatoms. The molecule has 0 amide bonds. The molecule has 0 spiro atoms. The summed E-state index contributed by atoms with van der Waals surface area (Å²) in [6.45, 7) is 2.78. The quantitative estimate of drug-likeness (QED) is 0.708. The number of morpholine rings is 1. The van der Waals surface area contributed by atoms with Crippen LogP contribution in [0, 0.1) is 0 Å². The number of methoxy groups -OCH3 is 1. The van der Waals surface area contributed by atoms with Gasteiger partial charge in [-0.2, -0.15) is 0 Å². The van der Waals surface area contributed by atoms with E-state index in [0.29, 0.717) is 37.1 Å². The van der Waals surface area contributed by atoms with Gasteiger partial charge in [0, 0.05) is 30.7 Å². The summed E-state index contributed by atoms with van der Waals surface area (Å²) in [4.78, 5) is 2.26. The second kappa shape index (κ2) is 9.43. The molecule has 1 saturated heterocycles. The fourth-order valence-electron chi connectivity index (χ4n) is 3.16. The first-order chi connectivity index (χ1) is 13.4. The Bertz CT molecular complexity index is 918. The average molecular weight is 445 g/mol. The molecule has 1 aliphatic rings. The van der Waals surface area contributed by atoms with Crippen LogP contribution in [-0.2, 0) is 14.8 Å². The first-order valence-corrected chi connectivity index (χ1v) is 11.1. The van der Waals surface area contributed by atoms with Crippen LogP contribution in [0.15, 0.2) is 47.4 Å². The van der Waals surface area contributed by atoms with Crippen LogP contribution in [0.2, 0.25) is 10.0 Å². The Labute approximate surface area is 175 Å². The summed E-state index contributed by atoms with van der Waals surface area (Å²) < 4.78 is 38.8. The largest absolute Gasteiger partial charge is 0.495 e. The highest BCUT2D eigenvalue weighted by Gasteiger charge is 2.26. The maximum Gasteiger partial charge on any atom is 0.240 e. The molecule has 2 aromatic carbocycles. The second-order valence-corrected chi connectivity index (χ2v) is 8.92. The number of hydrogen-bond acceptors (Lipinski definition) is 5. The van der Waals surface area contributed by atoms with E-state index in [1.165, 1.54) is 25.3 Å². The molecular formula is C19H22Cl2N2O4S. The summed E-state index contributed by atoms with van der Waals surface area (Å²) in [6, 6.07) is 11.6. The van der Waals surface area contributed by atoms with Crippen LogP contribution >= 0.6 is 23.2 Å². The first kappa shape index (κ1) is 21.4. The van der Waals surface area contributed by atoms with Crippen LogP contribution in [0.5, 0.6) is 5.75 Å². The third-order valence-electron chi connectivity index (χ3n) is 4.65. The third-order valence-corrected chi connectivity index (χ3v) is 6.71. The number of hydrogen-bond donors (Lipinski definition) is 1. The summed E-state index contributed by atoms with van der Waals surface area (Å²) in [5, 5.41) is 0.840. The van der Waals surface area contributed by atoms with Crippen LogP contribution in [0.4, 0.5) is 0 Å². The van der Waals surface area contributed by atoms with E-state index < -0.39 is 10.0 Å². The van der Waals surface area contributed by atoms with Gasteiger partial charge >= 0.3 is 0 Å². The zero-order chi connectivity index (χ0) is 20.1. The standard InChI is InChI=1S/C19H22Cl2N2O4S/c1-26-19-7-6-14(12-17(19)21)28(24,25)22-13-18(23-8-10-27-11-9-23)15-4-2-3-5-16(15)20/h2-7,12,18,22H,8-11,13H2,1H3. The predicted molar refractivity (Wildman–Crippen MR) is 110 cm³/mol. The molecule has 0 aromatic heterocycles. The third kappa shape index (κ3) is 4.97. The summed E-state index contributed by atoms with van der Waals surface area (Å²) in [5.74, 6) is 0.419. The fourth-order valence-corrected chi connectivity index (χ4v) is 4.80. The van der Waals surface area contributed by atoms with Gasteiger partial charge in [-0.25, -0.2) is 13.1 Å². The minimum atomic E-state index is -3.75. The van der Waals surface area contributed by atoms with Crippen molar-refractivity contribution in [1.29, 1.82) is 0 Å². The average Bonchev–Trinajstić information content (AvgIpc) is 2.70. The fraction of sp³-hybridized carbons (Fsp3) is 0.368. The van der Waals surface area contributed by atoms with E-state index in [4.69, 9.17) is 32.7 Å². The van der Waals surface area contributed by atoms with E-state index in [0.717, 1.165) is 5.56 Å². The lowest BCUT2D eigenvalue weighted by Crippen LogP contribution is -2.43. The second-order valence-electron chi connectivity index (χ2n) is 6.33. The number of nitrogens with one attached hydrogen (secondary N) is 1. The molecule has 28 heavy (non-hydrogen) atoms. The van der Waals surface area contributed by atoms with Gasteiger partial charge in [0.05, 0.1) is 30.2 Å². The van der Waals surface area contributed by atoms with Gasteiger partial charge in [-0.05, 0) is 29.8 Å². The van der Waals surface area contributed by atoms with Gasteiger partial charge in [-0.3, -0.25) is 4.90 Å². The summed E-state index contributed by atoms with van der Waals surface area (Å²) in [5.41, 5.74) is 0.876. The lowest BCUT2D eigenvalue weighted by atomic mass is 10.0. The molecule has 3 rings (SSSR count). The Hall–Kier alpha value is -1.35. The molecule has 6 nitrogen and oxygen atoms in total. The molecule has 0 saturated carbocycles. The number of nitrogens with zero attached hydrogens (tertiary/aromatic N) is 1. The molecule has 2 aromatic rings. The maximum absolute atomic E-state index is 12.8. The molecule has 0 aliphatic carbocycles. The van der Waals surface area contributed by atoms with Crippen molar-refractivity contribution in [1.82, 2.24) is 9.62 Å². The minimum Gasteiger partial charge on any atom is -0.495 e. The molecule has 1 unspecified atom stereocenters. The van der Waals surface area contributed by atoms with Crippen LogP contribution in [0.25, 0.3) is 0 Å². The van der Waals surface area contributed by atoms with Crippen LogP contribution in [0.1, 0.15) is 11.6 Å². The number of sulfonamides is 1. The Morgan fingerprint density at radius 3 is 2.50 bits per heavy atom. The van der Waals surface area contributed by atoms with Gasteiger partial charge in [0.15, 0.2) is 0 Å². The summed E-state index contributed by atoms with van der Waals surface area (Å²) in [7, 11) is -2.28. The van der Waals surface area contributed by atoms with Crippen LogP contribution in [0.3, 0.4) is 0 Å². The Balaban J connectivity index is 1.82. The van der Waals surface area contributed by atoms with Crippen LogP contribution < -0.4 is 9.46 Å². The van der Waals surface area contributed by atoms with Gasteiger partial charge in [-0.15, -0.1) is 0 Å². The van der Waals surface area contributed by atoms with Gasteiger partial charge in [-0.1, -0.05) is 41.4 Å². The number of benzene rings is 2. The maximum atomic E-state index is 12.8. The molecule has 1 aliphatic heterocycles. The number of halogens is 2. The Morgan fingerprint density at radius 2 is 1.86 bits per heavy atom. The lowest BCUT2D eigenvalue weighted by molar-refractivity contribution is 0.0172. The first-order valence-electron chi connectivity index (χ1n) is 8.82. The SMILES string of the molecule is COc1ccc(S(=O)(=O)NCC(c2ccccc2Cl)N2CCOCC2)cc1Cl. The van der Waals surface area contributed by atoms with E-state index in [1.807, 2.05) is 24.3 Å². The highest BCUT2D eigenvalue weighted by Crippen LogP contribution is 2.29. The number of rotatable bonds is 7. The lowest BCUT2D eigenvalue weighted by Gasteiger charge is -2.35. The summed E-state index contributed by atoms with van der Waals surface area (Å²) >= 11 is 12.5. The monoisotopic (exact) mass is 444 g/mol. The molecular weight excluding hydrogens is 423 g/mol. The zero-order valence-electron chi connectivity index (χ0n) is 15.4. The topological polar surface area (TPSA) is 67.9 Å². The van der Waals surface area contributed by atoms with Crippen LogP contribution in [-0.4, -0.2) is 53.3 Å². The van der Waals surface area contributed by atoms with Crippen molar-refractivity contribution in [3.8, 4) is 5.75 Å². The Morgan fingerprint density at radius 1 is 1.14 bits per heavy atom. The molecule has 1 N–H and O–H groups in total. The molecule has 1 fully saturated rings. The van der Waals surface area contributed by atoms with Crippen molar-refractivity contribution in [3.05, 3.63) is 58.1 Å². The number of ether oxygens (including phenoxy) is 2. The van der Waals surface area contributed by atoms with Crippen molar-refractivity contribution in [2.45, 2.75) is 10.9 Å². The minimum absolute atomic E-state index is 0.0817. The highest BCUT2D eigenvalue weighted by molar-refractivity contribution is 7.89. The van der Waals surface area contributed by atoms with Gasteiger partial charge < -0.3 is 9.47 Å². The van der Waals surface area contributed by atoms with E-state index in [-0.39, 0.29) is 22.5 Å². The van der Waals surface area contributed by atoms with Crippen molar-refractivity contribution in [3.63, 3.8) is 0 Å². The van der Waals surface area contributed by atoms with Crippen molar-refractivity contribution in [2.75, 3.05) is 40.0 Å². The summed E-state index contributed by atoms with van der Waals surface area (Å²) in [6.07, 6.45) is 0. The molecule has 1 atom stereocenters. The van der Waals surface area contributed by atoms with Gasteiger partial charge in [0.25, 0.3) is 0 Å². The van der Waals surface area contributed by atoms with E-state index >= 15 is 0 Å². The smallest absolute Gasteiger partial charge is 0.240 e. The van der Waals surface area contributed by atoms with Crippen molar-refractivity contribution in [2.24, 2.45) is 0 Å². The predicted octanol–water partition coefficient (Wildman–Crippen LogP) is 3.35. The van der Waals surface area contributed by atoms with E-state index in [1.54, 1.807) is 0 Å². The molecule has 0 bridgehead atoms. The molecule has 1 heterocycles. The highest BCUT2D eigenvalue weighted by atomic mass is 35.5. The zero-order valence-corrected chi connectivity index (χ0v) is 17.7. The molecule has 152 valence electrons. The van der Waals surface area contributed by atoms with E-state index in [9.17, 15) is 8.42 Å². The van der Waals surface area contributed by atoms with Gasteiger partial charge in [0.2, 0.25) is 10.0 Å². The van der Waals surface area contributed by atoms with Crippen molar-refractivity contribution >= 4 is 33.2 Å². The normalized spacial score (nSPS) is 16.7. The van der Waals surface area contributed by atoms with Gasteiger partial charge in [0.1, 0.15) is 5.75 Å². The van der Waals surface area contributed by atoms with Crippen molar-refractivity contribution < 1.29 is 17.9 Å². The van der Waals surface area contributed by atoms with E-state index in [2.05, 4.69) is 9.62 Å².